The van der Waals surface area contributed by atoms with Gasteiger partial charge in [0, 0.05) is 27.7 Å². The number of hydrogen-bond donors (Lipinski definition) is 1. The van der Waals surface area contributed by atoms with Crippen molar-refractivity contribution in [1.82, 2.24) is 9.36 Å². The number of methoxy groups -OCH3 is 2. The van der Waals surface area contributed by atoms with E-state index in [-0.39, 0.29) is 5.91 Å². The quantitative estimate of drug-likeness (QED) is 0.725. The van der Waals surface area contributed by atoms with E-state index in [9.17, 15) is 4.79 Å². The lowest BCUT2D eigenvalue weighted by Gasteiger charge is -2.07. The molecule has 0 spiro atoms. The van der Waals surface area contributed by atoms with Crippen molar-refractivity contribution in [2.24, 2.45) is 0 Å². The lowest BCUT2D eigenvalue weighted by atomic mass is 10.2. The van der Waals surface area contributed by atoms with Crippen LogP contribution in [0.5, 0.6) is 11.5 Å². The van der Waals surface area contributed by atoms with E-state index in [2.05, 4.69) is 14.7 Å². The van der Waals surface area contributed by atoms with Crippen LogP contribution in [-0.2, 0) is 0 Å². The zero-order valence-corrected chi connectivity index (χ0v) is 15.0. The number of rotatable bonds is 5. The number of nitrogens with zero attached hydrogens (tertiary/aromatic N) is 2. The monoisotopic (exact) mass is 375 g/mol. The van der Waals surface area contributed by atoms with Crippen LogP contribution >= 0.6 is 23.1 Å². The first-order valence-electron chi connectivity index (χ1n) is 7.23. The van der Waals surface area contributed by atoms with Crippen molar-refractivity contribution in [2.45, 2.75) is 0 Å². The maximum Gasteiger partial charge on any atom is 0.257 e. The molecule has 0 unspecified atom stereocenters. The number of nitrogens with one attached hydrogen (secondary N) is 1. The molecule has 3 aromatic rings. The molecular weight excluding hydrogens is 362 g/mol. The number of anilines is 1. The summed E-state index contributed by atoms with van der Waals surface area (Å²) in [5.74, 6) is 1.40. The predicted molar refractivity (Wildman–Crippen MR) is 97.9 cm³/mol. The molecule has 1 N–H and O–H groups in total. The Morgan fingerprint density at radius 1 is 1.12 bits per heavy atom. The van der Waals surface area contributed by atoms with E-state index in [0.29, 0.717) is 33.0 Å². The lowest BCUT2D eigenvalue weighted by molar-refractivity contribution is 0.102. The van der Waals surface area contributed by atoms with Crippen molar-refractivity contribution in [3.8, 4) is 22.9 Å². The van der Waals surface area contributed by atoms with Crippen LogP contribution in [0.3, 0.4) is 0 Å². The van der Waals surface area contributed by atoms with Gasteiger partial charge in [-0.25, -0.2) is 0 Å². The average Bonchev–Trinajstić information content (AvgIpc) is 3.09. The Morgan fingerprint density at radius 3 is 2.64 bits per heavy atom. The molecule has 0 radical (unpaired) electrons. The van der Waals surface area contributed by atoms with E-state index >= 15 is 0 Å². The van der Waals surface area contributed by atoms with E-state index in [4.69, 9.17) is 21.1 Å². The highest BCUT2D eigenvalue weighted by molar-refractivity contribution is 7.10. The van der Waals surface area contributed by atoms with Crippen molar-refractivity contribution in [3.63, 3.8) is 0 Å². The van der Waals surface area contributed by atoms with Gasteiger partial charge in [-0.3, -0.25) is 10.1 Å². The summed E-state index contributed by atoms with van der Waals surface area (Å²) in [6.45, 7) is 0. The van der Waals surface area contributed by atoms with Crippen LogP contribution in [0, 0.1) is 0 Å². The van der Waals surface area contributed by atoms with Crippen LogP contribution in [0.4, 0.5) is 5.13 Å². The van der Waals surface area contributed by atoms with E-state index in [1.54, 1.807) is 50.6 Å². The third-order valence-corrected chi connectivity index (χ3v) is 4.24. The average molecular weight is 376 g/mol. The highest BCUT2D eigenvalue weighted by Gasteiger charge is 2.13. The molecule has 0 aliphatic carbocycles. The number of halogens is 1. The number of ether oxygens (including phenoxy) is 2. The highest BCUT2D eigenvalue weighted by Crippen LogP contribution is 2.32. The molecule has 25 heavy (non-hydrogen) atoms. The topological polar surface area (TPSA) is 73.3 Å². The summed E-state index contributed by atoms with van der Waals surface area (Å²) in [6.07, 6.45) is 0. The van der Waals surface area contributed by atoms with E-state index in [0.717, 1.165) is 17.1 Å². The lowest BCUT2D eigenvalue weighted by Crippen LogP contribution is -2.11. The fourth-order valence-electron chi connectivity index (χ4n) is 2.17. The van der Waals surface area contributed by atoms with Gasteiger partial charge in [0.05, 0.1) is 14.2 Å². The first-order valence-corrected chi connectivity index (χ1v) is 8.39. The van der Waals surface area contributed by atoms with Crippen molar-refractivity contribution >= 4 is 34.2 Å². The van der Waals surface area contributed by atoms with Crippen LogP contribution < -0.4 is 14.8 Å². The first-order chi connectivity index (χ1) is 12.1. The molecule has 1 aromatic heterocycles. The summed E-state index contributed by atoms with van der Waals surface area (Å²) in [6, 6.07) is 12.1. The highest BCUT2D eigenvalue weighted by atomic mass is 35.5. The largest absolute Gasteiger partial charge is 0.493 e. The molecule has 8 heteroatoms. The zero-order chi connectivity index (χ0) is 17.8. The maximum absolute atomic E-state index is 12.2. The smallest absolute Gasteiger partial charge is 0.257 e. The second kappa shape index (κ2) is 7.50. The van der Waals surface area contributed by atoms with Crippen LogP contribution in [0.2, 0.25) is 5.02 Å². The summed E-state index contributed by atoms with van der Waals surface area (Å²) >= 11 is 7.00. The summed E-state index contributed by atoms with van der Waals surface area (Å²) in [7, 11) is 3.13. The molecule has 0 saturated heterocycles. The van der Waals surface area contributed by atoms with Gasteiger partial charge in [0.15, 0.2) is 17.3 Å². The van der Waals surface area contributed by atoms with Gasteiger partial charge < -0.3 is 9.47 Å². The number of carbonyl (C=O) groups excluding carboxylic acids is 1. The zero-order valence-electron chi connectivity index (χ0n) is 13.4. The van der Waals surface area contributed by atoms with Gasteiger partial charge in [0.2, 0.25) is 5.13 Å². The molecule has 0 aliphatic heterocycles. The third kappa shape index (κ3) is 3.89. The molecule has 128 valence electrons. The summed E-state index contributed by atoms with van der Waals surface area (Å²) in [5.41, 5.74) is 1.22. The molecule has 0 fully saturated rings. The Labute approximate surface area is 153 Å². The maximum atomic E-state index is 12.2. The van der Waals surface area contributed by atoms with Crippen molar-refractivity contribution < 1.29 is 14.3 Å². The Hall–Kier alpha value is -2.64. The molecule has 0 atom stereocenters. The molecule has 0 bridgehead atoms. The summed E-state index contributed by atoms with van der Waals surface area (Å²) in [5, 5.41) is 3.61. The SMILES string of the molecule is COc1ccc(-c2nsc(NC(=O)c3cccc(Cl)c3)n2)cc1OC. The molecule has 2 aromatic carbocycles. The molecule has 0 aliphatic rings. The fraction of sp³-hybridized carbons (Fsp3) is 0.118. The van der Waals surface area contributed by atoms with Crippen LogP contribution in [-0.4, -0.2) is 29.5 Å². The number of hydrogen-bond acceptors (Lipinski definition) is 6. The standard InChI is InChI=1S/C17H14ClN3O3S/c1-23-13-7-6-10(9-14(13)24-2)15-19-17(25-21-15)20-16(22)11-4-3-5-12(18)8-11/h3-9H,1-2H3,(H,19,20,21,22). The van der Waals surface area contributed by atoms with Crippen LogP contribution in [0.15, 0.2) is 42.5 Å². The normalized spacial score (nSPS) is 10.4. The number of benzene rings is 2. The predicted octanol–water partition coefficient (Wildman–Crippen LogP) is 4.13. The van der Waals surface area contributed by atoms with E-state index < -0.39 is 0 Å². The third-order valence-electron chi connectivity index (χ3n) is 3.38. The first kappa shape index (κ1) is 17.2. The van der Waals surface area contributed by atoms with E-state index in [1.165, 1.54) is 0 Å². The molecule has 0 saturated carbocycles. The van der Waals surface area contributed by atoms with Gasteiger partial charge in [-0.2, -0.15) is 9.36 Å². The minimum atomic E-state index is -0.294. The molecule has 1 amide bonds. The molecule has 1 heterocycles. The Balaban J connectivity index is 1.79. The van der Waals surface area contributed by atoms with Gasteiger partial charge >= 0.3 is 0 Å². The van der Waals surface area contributed by atoms with E-state index in [1.807, 2.05) is 6.07 Å². The van der Waals surface area contributed by atoms with Crippen LogP contribution in [0.25, 0.3) is 11.4 Å². The van der Waals surface area contributed by atoms with Crippen molar-refractivity contribution in [2.75, 3.05) is 19.5 Å². The number of amides is 1. The Bertz CT molecular complexity index is 914. The molecule has 3 rings (SSSR count). The number of aromatic nitrogens is 2. The van der Waals surface area contributed by atoms with Gasteiger partial charge in [0.25, 0.3) is 5.91 Å². The van der Waals surface area contributed by atoms with Crippen molar-refractivity contribution in [1.29, 1.82) is 0 Å². The summed E-state index contributed by atoms with van der Waals surface area (Å²) < 4.78 is 14.8. The second-order valence-corrected chi connectivity index (χ2v) is 6.15. The van der Waals surface area contributed by atoms with Crippen molar-refractivity contribution in [3.05, 3.63) is 53.1 Å². The second-order valence-electron chi connectivity index (χ2n) is 4.96. The Morgan fingerprint density at radius 2 is 1.92 bits per heavy atom. The summed E-state index contributed by atoms with van der Waals surface area (Å²) in [4.78, 5) is 16.6. The van der Waals surface area contributed by atoms with Gasteiger partial charge in [-0.1, -0.05) is 17.7 Å². The fourth-order valence-corrected chi connectivity index (χ4v) is 2.94. The van der Waals surface area contributed by atoms with Gasteiger partial charge in [0.1, 0.15) is 0 Å². The van der Waals surface area contributed by atoms with Gasteiger partial charge in [-0.05, 0) is 36.4 Å². The van der Waals surface area contributed by atoms with Crippen LogP contribution in [0.1, 0.15) is 10.4 Å². The minimum absolute atomic E-state index is 0.294. The minimum Gasteiger partial charge on any atom is -0.493 e. The van der Waals surface area contributed by atoms with Gasteiger partial charge in [-0.15, -0.1) is 0 Å². The number of carbonyl (C=O) groups is 1. The Kier molecular flexibility index (Phi) is 5.16. The molecule has 6 nitrogen and oxygen atoms in total. The molecular formula is C17H14ClN3O3S.